The van der Waals surface area contributed by atoms with Gasteiger partial charge in [0, 0.05) is 10.9 Å². The first-order valence-corrected chi connectivity index (χ1v) is 8.55. The van der Waals surface area contributed by atoms with Gasteiger partial charge in [-0.25, -0.2) is 4.98 Å². The molecule has 3 aromatic rings. The monoisotopic (exact) mass is 302 g/mol. The highest BCUT2D eigenvalue weighted by Crippen LogP contribution is 2.27. The number of nitrogens with one attached hydrogen (secondary N) is 1. The number of pyridine rings is 1. The van der Waals surface area contributed by atoms with Crippen LogP contribution in [0.4, 0.5) is 0 Å². The predicted molar refractivity (Wildman–Crippen MR) is 96.5 cm³/mol. The summed E-state index contributed by atoms with van der Waals surface area (Å²) in [6.45, 7) is 2.35. The molecule has 0 bridgehead atoms. The van der Waals surface area contributed by atoms with E-state index in [4.69, 9.17) is 4.98 Å². The Kier molecular flexibility index (Phi) is 4.08. The van der Waals surface area contributed by atoms with E-state index in [9.17, 15) is 0 Å². The van der Waals surface area contributed by atoms with Gasteiger partial charge in [-0.1, -0.05) is 48.5 Å². The first-order chi connectivity index (χ1) is 11.4. The maximum atomic E-state index is 4.87. The molecule has 0 saturated carbocycles. The van der Waals surface area contributed by atoms with Gasteiger partial charge in [0.05, 0.1) is 11.2 Å². The Bertz CT molecular complexity index is 789. The summed E-state index contributed by atoms with van der Waals surface area (Å²) in [6.07, 6.45) is 3.71. The first-order valence-electron chi connectivity index (χ1n) is 8.55. The van der Waals surface area contributed by atoms with Gasteiger partial charge in [-0.3, -0.25) is 0 Å². The van der Waals surface area contributed by atoms with Gasteiger partial charge in [-0.15, -0.1) is 0 Å². The number of aromatic nitrogens is 1. The van der Waals surface area contributed by atoms with Crippen molar-refractivity contribution in [3.05, 3.63) is 66.2 Å². The van der Waals surface area contributed by atoms with Crippen molar-refractivity contribution in [3.8, 4) is 11.3 Å². The van der Waals surface area contributed by atoms with Gasteiger partial charge in [0.2, 0.25) is 0 Å². The Balaban J connectivity index is 1.71. The van der Waals surface area contributed by atoms with E-state index in [-0.39, 0.29) is 0 Å². The molecule has 0 spiro atoms. The number of aryl methyl sites for hydroxylation is 1. The van der Waals surface area contributed by atoms with Gasteiger partial charge in [-0.05, 0) is 56.0 Å². The maximum Gasteiger partial charge on any atom is 0.0712 e. The van der Waals surface area contributed by atoms with Crippen molar-refractivity contribution < 1.29 is 0 Å². The van der Waals surface area contributed by atoms with Crippen LogP contribution < -0.4 is 5.32 Å². The molecule has 2 nitrogen and oxygen atoms in total. The zero-order valence-corrected chi connectivity index (χ0v) is 13.3. The smallest absolute Gasteiger partial charge is 0.0712 e. The van der Waals surface area contributed by atoms with E-state index in [1.54, 1.807) is 0 Å². The number of hydrogen-bond donors (Lipinski definition) is 1. The lowest BCUT2D eigenvalue weighted by Crippen LogP contribution is -2.09. The van der Waals surface area contributed by atoms with Crippen LogP contribution in [0, 0.1) is 5.92 Å². The Hall–Kier alpha value is -2.19. The fourth-order valence-corrected chi connectivity index (χ4v) is 3.53. The number of hydrogen-bond acceptors (Lipinski definition) is 2. The van der Waals surface area contributed by atoms with Crippen molar-refractivity contribution in [2.75, 3.05) is 13.1 Å². The molecule has 2 heteroatoms. The lowest BCUT2D eigenvalue weighted by Gasteiger charge is -2.12. The number of para-hydroxylation sites is 1. The van der Waals surface area contributed by atoms with E-state index < -0.39 is 0 Å². The van der Waals surface area contributed by atoms with Gasteiger partial charge in [0.1, 0.15) is 0 Å². The molecule has 2 aromatic carbocycles. The standard InChI is InChI=1S/C21H22N2/c1-2-6-17(7-3-1)21-14-18(11-10-16-12-13-22-15-16)19-8-4-5-9-20(19)23-21/h1-9,14,16,22H,10-13,15H2. The van der Waals surface area contributed by atoms with Crippen LogP contribution in [0.15, 0.2) is 60.7 Å². The topological polar surface area (TPSA) is 24.9 Å². The van der Waals surface area contributed by atoms with E-state index in [0.717, 1.165) is 23.5 Å². The molecule has 4 rings (SSSR count). The Morgan fingerprint density at radius 2 is 1.83 bits per heavy atom. The Morgan fingerprint density at radius 3 is 2.65 bits per heavy atom. The van der Waals surface area contributed by atoms with Crippen molar-refractivity contribution in [1.29, 1.82) is 0 Å². The maximum absolute atomic E-state index is 4.87. The summed E-state index contributed by atoms with van der Waals surface area (Å²) in [7, 11) is 0. The third-order valence-corrected chi connectivity index (χ3v) is 4.86. The quantitative estimate of drug-likeness (QED) is 0.770. The number of fused-ring (bicyclic) bond motifs is 1. The summed E-state index contributed by atoms with van der Waals surface area (Å²) < 4.78 is 0. The van der Waals surface area contributed by atoms with E-state index in [2.05, 4.69) is 66.0 Å². The highest BCUT2D eigenvalue weighted by molar-refractivity contribution is 5.85. The number of rotatable bonds is 4. The SMILES string of the molecule is c1ccc(-c2cc(CCC3CCNC3)c3ccccc3n2)cc1. The molecular weight excluding hydrogens is 280 g/mol. The summed E-state index contributed by atoms with van der Waals surface area (Å²) >= 11 is 0. The molecule has 23 heavy (non-hydrogen) atoms. The molecule has 1 aliphatic heterocycles. The molecule has 1 saturated heterocycles. The summed E-state index contributed by atoms with van der Waals surface area (Å²) in [4.78, 5) is 4.87. The van der Waals surface area contributed by atoms with Crippen molar-refractivity contribution in [1.82, 2.24) is 10.3 Å². The molecule has 2 heterocycles. The van der Waals surface area contributed by atoms with Gasteiger partial charge < -0.3 is 5.32 Å². The van der Waals surface area contributed by atoms with Crippen LogP contribution in [0.1, 0.15) is 18.4 Å². The van der Waals surface area contributed by atoms with Crippen molar-refractivity contribution in [2.45, 2.75) is 19.3 Å². The molecule has 0 radical (unpaired) electrons. The Labute approximate surface area is 137 Å². The largest absolute Gasteiger partial charge is 0.316 e. The normalized spacial score (nSPS) is 17.7. The zero-order chi connectivity index (χ0) is 15.5. The second kappa shape index (κ2) is 6.51. The van der Waals surface area contributed by atoms with Crippen LogP contribution in [0.2, 0.25) is 0 Å². The minimum Gasteiger partial charge on any atom is -0.316 e. The van der Waals surface area contributed by atoms with E-state index >= 15 is 0 Å². The van der Waals surface area contributed by atoms with Crippen molar-refractivity contribution in [2.24, 2.45) is 5.92 Å². The highest BCUT2D eigenvalue weighted by Gasteiger charge is 2.15. The van der Waals surface area contributed by atoms with E-state index in [1.807, 2.05) is 0 Å². The van der Waals surface area contributed by atoms with Crippen LogP contribution in [0.5, 0.6) is 0 Å². The molecule has 1 aliphatic rings. The van der Waals surface area contributed by atoms with Gasteiger partial charge in [-0.2, -0.15) is 0 Å². The summed E-state index contributed by atoms with van der Waals surface area (Å²) in [5.41, 5.74) is 4.82. The molecule has 116 valence electrons. The molecule has 0 aliphatic carbocycles. The van der Waals surface area contributed by atoms with Crippen LogP contribution >= 0.6 is 0 Å². The fraction of sp³-hybridized carbons (Fsp3) is 0.286. The van der Waals surface area contributed by atoms with E-state index in [1.165, 1.54) is 42.4 Å². The predicted octanol–water partition coefficient (Wildman–Crippen LogP) is 4.44. The summed E-state index contributed by atoms with van der Waals surface area (Å²) in [5.74, 6) is 0.821. The summed E-state index contributed by atoms with van der Waals surface area (Å²) in [6, 6.07) is 21.3. The lowest BCUT2D eigenvalue weighted by atomic mass is 9.95. The van der Waals surface area contributed by atoms with Crippen LogP contribution in [0.3, 0.4) is 0 Å². The van der Waals surface area contributed by atoms with Crippen molar-refractivity contribution in [3.63, 3.8) is 0 Å². The first kappa shape index (κ1) is 14.4. The van der Waals surface area contributed by atoms with Gasteiger partial charge >= 0.3 is 0 Å². The van der Waals surface area contributed by atoms with Crippen LogP contribution in [-0.2, 0) is 6.42 Å². The third kappa shape index (κ3) is 3.13. The molecule has 1 aromatic heterocycles. The molecule has 1 fully saturated rings. The average Bonchev–Trinajstić information content (AvgIpc) is 3.14. The lowest BCUT2D eigenvalue weighted by molar-refractivity contribution is 0.534. The van der Waals surface area contributed by atoms with E-state index in [0.29, 0.717) is 0 Å². The summed E-state index contributed by atoms with van der Waals surface area (Å²) in [5, 5.41) is 4.77. The molecule has 1 atom stereocenters. The van der Waals surface area contributed by atoms with Crippen LogP contribution in [-0.4, -0.2) is 18.1 Å². The minimum absolute atomic E-state index is 0.821. The molecule has 1 N–H and O–H groups in total. The fourth-order valence-electron chi connectivity index (χ4n) is 3.53. The number of benzene rings is 2. The molecule has 1 unspecified atom stereocenters. The highest BCUT2D eigenvalue weighted by atomic mass is 14.9. The number of nitrogens with zero attached hydrogens (tertiary/aromatic N) is 1. The zero-order valence-electron chi connectivity index (χ0n) is 13.3. The third-order valence-electron chi connectivity index (χ3n) is 4.86. The second-order valence-electron chi connectivity index (χ2n) is 6.45. The van der Waals surface area contributed by atoms with Gasteiger partial charge in [0.25, 0.3) is 0 Å². The second-order valence-corrected chi connectivity index (χ2v) is 6.45. The molecular formula is C21H22N2. The Morgan fingerprint density at radius 1 is 1.00 bits per heavy atom. The van der Waals surface area contributed by atoms with Crippen molar-refractivity contribution >= 4 is 10.9 Å². The average molecular weight is 302 g/mol. The molecule has 0 amide bonds. The minimum atomic E-state index is 0.821. The van der Waals surface area contributed by atoms with Gasteiger partial charge in [0.15, 0.2) is 0 Å². The van der Waals surface area contributed by atoms with Crippen LogP contribution in [0.25, 0.3) is 22.2 Å².